The Kier molecular flexibility index (Phi) is 9.53. The van der Waals surface area contributed by atoms with Gasteiger partial charge in [0.1, 0.15) is 0 Å². The molecule has 3 heterocycles. The van der Waals surface area contributed by atoms with Gasteiger partial charge in [-0.1, -0.05) is 29.3 Å². The zero-order valence-corrected chi connectivity index (χ0v) is 20.8. The first-order valence-corrected chi connectivity index (χ1v) is 12.5. The summed E-state index contributed by atoms with van der Waals surface area (Å²) in [6, 6.07) is 7.83. The van der Waals surface area contributed by atoms with E-state index < -0.39 is 11.9 Å². The molecule has 2 aromatic rings. The van der Waals surface area contributed by atoms with Gasteiger partial charge in [0, 0.05) is 30.1 Å². The lowest BCUT2D eigenvalue weighted by molar-refractivity contribution is -0.134. The molecule has 1 fully saturated rings. The Balaban J connectivity index is 0.000000350. The quantitative estimate of drug-likeness (QED) is 0.538. The SMILES string of the molecule is O=C(Cc1ccc(Cl)c(Cl)c1)N1CCc2sccc2C1CN1CCCC1.O=C(O)C=CC(=O)O. The van der Waals surface area contributed by atoms with E-state index in [2.05, 4.69) is 21.2 Å². The molecule has 0 bridgehead atoms. The fraction of sp³-hybridized carbons (Fsp3) is 0.375. The minimum Gasteiger partial charge on any atom is -0.478 e. The van der Waals surface area contributed by atoms with Crippen molar-refractivity contribution in [3.63, 3.8) is 0 Å². The van der Waals surface area contributed by atoms with Crippen molar-refractivity contribution in [3.8, 4) is 0 Å². The van der Waals surface area contributed by atoms with Gasteiger partial charge in [-0.05, 0) is 67.1 Å². The molecular weight excluding hydrogens is 499 g/mol. The van der Waals surface area contributed by atoms with Gasteiger partial charge in [-0.3, -0.25) is 4.79 Å². The van der Waals surface area contributed by atoms with Gasteiger partial charge in [0.05, 0.1) is 22.5 Å². The van der Waals surface area contributed by atoms with Crippen LogP contribution in [0.15, 0.2) is 41.8 Å². The van der Waals surface area contributed by atoms with Crippen molar-refractivity contribution in [3.05, 3.63) is 67.8 Å². The Labute approximate surface area is 212 Å². The summed E-state index contributed by atoms with van der Waals surface area (Å²) < 4.78 is 0. The molecule has 0 spiro atoms. The molecule has 182 valence electrons. The molecule has 1 aromatic heterocycles. The molecule has 1 atom stereocenters. The molecular formula is C24H26Cl2N2O5S. The Morgan fingerprint density at radius 2 is 1.68 bits per heavy atom. The number of nitrogens with zero attached hydrogens (tertiary/aromatic N) is 2. The lowest BCUT2D eigenvalue weighted by Gasteiger charge is -2.38. The third kappa shape index (κ3) is 7.30. The van der Waals surface area contributed by atoms with Crippen LogP contribution in [0.2, 0.25) is 10.0 Å². The van der Waals surface area contributed by atoms with Crippen molar-refractivity contribution in [1.82, 2.24) is 9.80 Å². The number of benzene rings is 1. The van der Waals surface area contributed by atoms with Gasteiger partial charge in [0.25, 0.3) is 0 Å². The number of hydrogen-bond donors (Lipinski definition) is 2. The lowest BCUT2D eigenvalue weighted by atomic mass is 9.98. The minimum atomic E-state index is -1.26. The first kappa shape index (κ1) is 26.2. The number of likely N-dealkylation sites (tertiary alicyclic amines) is 1. The van der Waals surface area contributed by atoms with Gasteiger partial charge in [-0.25, -0.2) is 9.59 Å². The molecule has 2 aliphatic rings. The van der Waals surface area contributed by atoms with Gasteiger partial charge < -0.3 is 20.0 Å². The van der Waals surface area contributed by atoms with Crippen LogP contribution in [-0.4, -0.2) is 64.0 Å². The van der Waals surface area contributed by atoms with E-state index in [-0.39, 0.29) is 11.9 Å². The number of rotatable bonds is 6. The summed E-state index contributed by atoms with van der Waals surface area (Å²) in [4.78, 5) is 38.2. The standard InChI is InChI=1S/C20H22Cl2N2OS.C4H4O4/c21-16-4-3-14(11-17(16)22)12-20(25)24-9-5-19-15(6-10-26-19)18(24)13-23-7-1-2-8-23;5-3(6)1-2-4(7)8/h3-4,6,10-11,18H,1-2,5,7-9,12-13H2;1-2H,(H,5,6)(H,7,8). The van der Waals surface area contributed by atoms with Crippen LogP contribution in [-0.2, 0) is 27.2 Å². The van der Waals surface area contributed by atoms with Gasteiger partial charge in [-0.2, -0.15) is 0 Å². The lowest BCUT2D eigenvalue weighted by Crippen LogP contribution is -2.45. The number of carbonyl (C=O) groups is 3. The molecule has 10 heteroatoms. The normalized spacial score (nSPS) is 17.8. The van der Waals surface area contributed by atoms with Crippen molar-refractivity contribution < 1.29 is 24.6 Å². The van der Waals surface area contributed by atoms with E-state index in [4.69, 9.17) is 33.4 Å². The first-order valence-electron chi connectivity index (χ1n) is 10.9. The van der Waals surface area contributed by atoms with E-state index in [1.807, 2.05) is 17.4 Å². The molecule has 2 N–H and O–H groups in total. The molecule has 1 amide bonds. The third-order valence-electron chi connectivity index (χ3n) is 5.75. The number of halogens is 2. The molecule has 0 aliphatic carbocycles. The topological polar surface area (TPSA) is 98.2 Å². The van der Waals surface area contributed by atoms with Crippen molar-refractivity contribution in [1.29, 1.82) is 0 Å². The van der Waals surface area contributed by atoms with E-state index >= 15 is 0 Å². The Morgan fingerprint density at radius 1 is 1.00 bits per heavy atom. The fourth-order valence-electron chi connectivity index (χ4n) is 4.17. The smallest absolute Gasteiger partial charge is 0.328 e. The van der Waals surface area contributed by atoms with Crippen molar-refractivity contribution in [2.24, 2.45) is 0 Å². The Bertz CT molecular complexity index is 1050. The molecule has 1 saturated heterocycles. The fourth-order valence-corrected chi connectivity index (χ4v) is 5.42. The number of hydrogen-bond acceptors (Lipinski definition) is 5. The van der Waals surface area contributed by atoms with E-state index in [1.54, 1.807) is 12.1 Å². The molecule has 0 radical (unpaired) electrons. The average Bonchev–Trinajstić information content (AvgIpc) is 3.47. The summed E-state index contributed by atoms with van der Waals surface area (Å²) in [5, 5.41) is 18.8. The molecule has 34 heavy (non-hydrogen) atoms. The van der Waals surface area contributed by atoms with Crippen molar-refractivity contribution >= 4 is 52.4 Å². The zero-order chi connectivity index (χ0) is 24.7. The third-order valence-corrected chi connectivity index (χ3v) is 7.49. The van der Waals surface area contributed by atoms with Crippen LogP contribution in [0, 0.1) is 0 Å². The maximum Gasteiger partial charge on any atom is 0.328 e. The maximum absolute atomic E-state index is 13.1. The number of thiophene rings is 1. The van der Waals surface area contributed by atoms with Gasteiger partial charge in [-0.15, -0.1) is 11.3 Å². The van der Waals surface area contributed by atoms with Crippen LogP contribution in [0.1, 0.15) is 34.9 Å². The first-order chi connectivity index (χ1) is 16.2. The number of carbonyl (C=O) groups excluding carboxylic acids is 1. The molecule has 0 saturated carbocycles. The number of carboxylic acids is 2. The Morgan fingerprint density at radius 3 is 2.29 bits per heavy atom. The predicted molar refractivity (Wildman–Crippen MR) is 133 cm³/mol. The highest BCUT2D eigenvalue weighted by atomic mass is 35.5. The molecule has 2 aliphatic heterocycles. The molecule has 1 aromatic carbocycles. The van der Waals surface area contributed by atoms with Crippen LogP contribution < -0.4 is 0 Å². The number of amides is 1. The summed E-state index contributed by atoms with van der Waals surface area (Å²) in [5.74, 6) is -2.34. The number of carboxylic acid groups (broad SMARTS) is 2. The van der Waals surface area contributed by atoms with Crippen molar-refractivity contribution in [2.75, 3.05) is 26.2 Å². The summed E-state index contributed by atoms with van der Waals surface area (Å²) in [5.41, 5.74) is 2.26. The monoisotopic (exact) mass is 524 g/mol. The number of aliphatic carboxylic acids is 2. The summed E-state index contributed by atoms with van der Waals surface area (Å²) in [6.45, 7) is 4.03. The second kappa shape index (κ2) is 12.4. The second-order valence-electron chi connectivity index (χ2n) is 8.09. The van der Waals surface area contributed by atoms with Gasteiger partial charge >= 0.3 is 11.9 Å². The highest BCUT2D eigenvalue weighted by molar-refractivity contribution is 7.10. The van der Waals surface area contributed by atoms with Crippen LogP contribution in [0.4, 0.5) is 0 Å². The van der Waals surface area contributed by atoms with E-state index in [1.165, 1.54) is 23.3 Å². The zero-order valence-electron chi connectivity index (χ0n) is 18.5. The summed E-state index contributed by atoms with van der Waals surface area (Å²) in [7, 11) is 0. The summed E-state index contributed by atoms with van der Waals surface area (Å²) >= 11 is 13.9. The molecule has 4 rings (SSSR count). The van der Waals surface area contributed by atoms with Crippen LogP contribution >= 0.6 is 34.5 Å². The maximum atomic E-state index is 13.1. The predicted octanol–water partition coefficient (Wildman–Crippen LogP) is 4.53. The average molecular weight is 525 g/mol. The Hall–Kier alpha value is -2.39. The van der Waals surface area contributed by atoms with E-state index in [0.717, 1.165) is 38.2 Å². The van der Waals surface area contributed by atoms with Crippen molar-refractivity contribution in [2.45, 2.75) is 31.7 Å². The highest BCUT2D eigenvalue weighted by Crippen LogP contribution is 2.35. The number of fused-ring (bicyclic) bond motifs is 1. The minimum absolute atomic E-state index is 0.165. The van der Waals surface area contributed by atoms with Gasteiger partial charge in [0.15, 0.2) is 0 Å². The van der Waals surface area contributed by atoms with Crippen LogP contribution in [0.5, 0.6) is 0 Å². The largest absolute Gasteiger partial charge is 0.478 e. The second-order valence-corrected chi connectivity index (χ2v) is 9.91. The molecule has 7 nitrogen and oxygen atoms in total. The van der Waals surface area contributed by atoms with Crippen LogP contribution in [0.3, 0.4) is 0 Å². The molecule has 1 unspecified atom stereocenters. The van der Waals surface area contributed by atoms with Crippen LogP contribution in [0.25, 0.3) is 0 Å². The highest BCUT2D eigenvalue weighted by Gasteiger charge is 2.33. The van der Waals surface area contributed by atoms with E-state index in [0.29, 0.717) is 28.6 Å². The van der Waals surface area contributed by atoms with Gasteiger partial charge in [0.2, 0.25) is 5.91 Å². The summed E-state index contributed by atoms with van der Waals surface area (Å²) in [6.07, 6.45) is 4.97. The van der Waals surface area contributed by atoms with E-state index in [9.17, 15) is 14.4 Å².